The molecule has 0 aromatic heterocycles. The first kappa shape index (κ1) is 28.2. The Kier molecular flexibility index (Phi) is 9.16. The van der Waals surface area contributed by atoms with E-state index in [9.17, 15) is 26.4 Å². The van der Waals surface area contributed by atoms with Gasteiger partial charge in [0.15, 0.2) is 6.61 Å². The van der Waals surface area contributed by atoms with Crippen LogP contribution in [-0.4, -0.2) is 63.8 Å². The summed E-state index contributed by atoms with van der Waals surface area (Å²) in [6.45, 7) is 0.228. The van der Waals surface area contributed by atoms with Crippen molar-refractivity contribution in [1.82, 2.24) is 4.31 Å². The summed E-state index contributed by atoms with van der Waals surface area (Å²) < 4.78 is 82.4. The van der Waals surface area contributed by atoms with Crippen molar-refractivity contribution < 1.29 is 40.6 Å². The van der Waals surface area contributed by atoms with E-state index in [-0.39, 0.29) is 28.0 Å². The van der Waals surface area contributed by atoms with E-state index in [1.165, 1.54) is 22.5 Å². The molecule has 0 radical (unpaired) electrons. The Labute approximate surface area is 220 Å². The minimum absolute atomic E-state index is 0.0333. The van der Waals surface area contributed by atoms with Gasteiger partial charge in [-0.2, -0.15) is 17.5 Å². The molecule has 2 fully saturated rings. The number of alkyl halides is 3. The Morgan fingerprint density at radius 3 is 2.34 bits per heavy atom. The lowest BCUT2D eigenvalue weighted by atomic mass is 10.2. The number of hydrogen-bond donors (Lipinski definition) is 1. The first-order valence-electron chi connectivity index (χ1n) is 12.6. The van der Waals surface area contributed by atoms with Crippen LogP contribution in [0.25, 0.3) is 0 Å². The highest BCUT2D eigenvalue weighted by Gasteiger charge is 2.30. The van der Waals surface area contributed by atoms with Crippen LogP contribution in [0.15, 0.2) is 47.4 Å². The largest absolute Gasteiger partial charge is 0.491 e. The summed E-state index contributed by atoms with van der Waals surface area (Å²) in [7, 11) is -3.91. The van der Waals surface area contributed by atoms with Crippen LogP contribution in [0.1, 0.15) is 48.9 Å². The molecular weight excluding hydrogens is 525 g/mol. The minimum atomic E-state index is -4.61. The van der Waals surface area contributed by atoms with E-state index in [0.29, 0.717) is 32.1 Å². The highest BCUT2D eigenvalue weighted by atomic mass is 32.2. The molecule has 0 saturated carbocycles. The monoisotopic (exact) mass is 556 g/mol. The van der Waals surface area contributed by atoms with Crippen molar-refractivity contribution in [2.24, 2.45) is 0 Å². The third-order valence-corrected chi connectivity index (χ3v) is 8.26. The van der Waals surface area contributed by atoms with Gasteiger partial charge in [-0.25, -0.2) is 8.42 Å². The molecule has 1 N–H and O–H groups in total. The van der Waals surface area contributed by atoms with E-state index in [4.69, 9.17) is 14.2 Å². The first-order valence-corrected chi connectivity index (χ1v) is 14.1. The van der Waals surface area contributed by atoms with E-state index < -0.39 is 28.7 Å². The van der Waals surface area contributed by atoms with Gasteiger partial charge in [0.2, 0.25) is 10.0 Å². The number of nitrogens with zero attached hydrogens (tertiary/aromatic N) is 1. The smallest absolute Gasteiger partial charge is 0.422 e. The van der Waals surface area contributed by atoms with Gasteiger partial charge in [0.05, 0.1) is 16.7 Å². The van der Waals surface area contributed by atoms with Crippen molar-refractivity contribution in [3.8, 4) is 11.5 Å². The number of hydrogen-bond acceptors (Lipinski definition) is 6. The molecule has 2 aliphatic heterocycles. The summed E-state index contributed by atoms with van der Waals surface area (Å²) in [5.41, 5.74) is 0.0332. The molecule has 1 amide bonds. The van der Waals surface area contributed by atoms with Gasteiger partial charge in [-0.05, 0) is 68.1 Å². The van der Waals surface area contributed by atoms with Crippen LogP contribution in [0, 0.1) is 0 Å². The molecule has 208 valence electrons. The fourth-order valence-electron chi connectivity index (χ4n) is 4.35. The Morgan fingerprint density at radius 1 is 1.00 bits per heavy atom. The molecule has 0 aliphatic carbocycles. The van der Waals surface area contributed by atoms with Gasteiger partial charge in [0.1, 0.15) is 18.1 Å². The van der Waals surface area contributed by atoms with E-state index >= 15 is 0 Å². The summed E-state index contributed by atoms with van der Waals surface area (Å²) in [4.78, 5) is 12.8. The number of rotatable bonds is 9. The number of amides is 1. The molecule has 4 rings (SSSR count). The maximum Gasteiger partial charge on any atom is 0.422 e. The third kappa shape index (κ3) is 7.61. The molecule has 12 heteroatoms. The lowest BCUT2D eigenvalue weighted by Crippen LogP contribution is -2.32. The zero-order valence-electron chi connectivity index (χ0n) is 20.8. The second-order valence-electron chi connectivity index (χ2n) is 9.30. The molecule has 1 atom stereocenters. The average Bonchev–Trinajstić information content (AvgIpc) is 3.25. The fraction of sp³-hybridized carbons (Fsp3) is 0.500. The van der Waals surface area contributed by atoms with Gasteiger partial charge in [-0.3, -0.25) is 4.79 Å². The van der Waals surface area contributed by atoms with Crippen LogP contribution in [-0.2, 0) is 14.8 Å². The summed E-state index contributed by atoms with van der Waals surface area (Å²) in [5.74, 6) is -0.393. The first-order chi connectivity index (χ1) is 18.1. The Balaban J connectivity index is 1.52. The van der Waals surface area contributed by atoms with Crippen molar-refractivity contribution >= 4 is 21.6 Å². The lowest BCUT2D eigenvalue weighted by molar-refractivity contribution is -0.153. The van der Waals surface area contributed by atoms with Crippen LogP contribution >= 0.6 is 0 Å². The topological polar surface area (TPSA) is 94.2 Å². The predicted molar refractivity (Wildman–Crippen MR) is 134 cm³/mol. The molecular formula is C26H31F3N2O6S. The van der Waals surface area contributed by atoms with Crippen molar-refractivity contribution in [2.75, 3.05) is 38.2 Å². The standard InChI is InChI=1S/C26H31F3N2O6S/c27-26(28,29)18-37-24-12-11-22(38(33,34)31-13-3-1-2-4-14-31)16-23(24)30-25(32)19-7-9-20(10-8-19)36-17-21-6-5-15-35-21/h7-12,16,21H,1-6,13-15,17-18H2,(H,30,32)/t21-/m0/s1. The number of benzene rings is 2. The second kappa shape index (κ2) is 12.4. The zero-order chi connectivity index (χ0) is 27.2. The molecule has 2 aromatic rings. The molecule has 2 aromatic carbocycles. The van der Waals surface area contributed by atoms with Gasteiger partial charge in [-0.15, -0.1) is 0 Å². The van der Waals surface area contributed by atoms with Crippen LogP contribution in [0.5, 0.6) is 11.5 Å². The third-order valence-electron chi connectivity index (χ3n) is 6.37. The number of sulfonamides is 1. The average molecular weight is 557 g/mol. The van der Waals surface area contributed by atoms with E-state index in [1.807, 2.05) is 0 Å². The molecule has 2 heterocycles. The van der Waals surface area contributed by atoms with E-state index in [1.54, 1.807) is 12.1 Å². The summed E-state index contributed by atoms with van der Waals surface area (Å²) >= 11 is 0. The maximum atomic E-state index is 13.2. The molecule has 0 spiro atoms. The molecule has 38 heavy (non-hydrogen) atoms. The molecule has 0 bridgehead atoms. The highest BCUT2D eigenvalue weighted by Crippen LogP contribution is 2.32. The van der Waals surface area contributed by atoms with Crippen LogP contribution in [0.3, 0.4) is 0 Å². The zero-order valence-corrected chi connectivity index (χ0v) is 21.7. The Hall–Kier alpha value is -2.83. The van der Waals surface area contributed by atoms with Crippen LogP contribution in [0.2, 0.25) is 0 Å². The number of nitrogens with one attached hydrogen (secondary N) is 1. The fourth-order valence-corrected chi connectivity index (χ4v) is 5.89. The summed E-state index contributed by atoms with van der Waals surface area (Å²) in [5, 5.41) is 2.51. The quantitative estimate of drug-likeness (QED) is 0.467. The van der Waals surface area contributed by atoms with Crippen molar-refractivity contribution in [3.05, 3.63) is 48.0 Å². The normalized spacial score (nSPS) is 19.1. The summed E-state index contributed by atoms with van der Waals surface area (Å²) in [6, 6.07) is 9.69. The van der Waals surface area contributed by atoms with Gasteiger partial charge < -0.3 is 19.5 Å². The van der Waals surface area contributed by atoms with Gasteiger partial charge >= 0.3 is 6.18 Å². The predicted octanol–water partition coefficient (Wildman–Crippen LogP) is 5.00. The highest BCUT2D eigenvalue weighted by molar-refractivity contribution is 7.89. The van der Waals surface area contributed by atoms with Crippen molar-refractivity contribution in [1.29, 1.82) is 0 Å². The number of halogens is 3. The molecule has 2 aliphatic rings. The molecule has 2 saturated heterocycles. The number of anilines is 1. The second-order valence-corrected chi connectivity index (χ2v) is 11.2. The SMILES string of the molecule is O=C(Nc1cc(S(=O)(=O)N2CCCCCC2)ccc1OCC(F)(F)F)c1ccc(OC[C@@H]2CCCO2)cc1. The molecule has 0 unspecified atom stereocenters. The van der Waals surface area contributed by atoms with Gasteiger partial charge in [-0.1, -0.05) is 12.8 Å². The Bertz CT molecular complexity index is 1190. The van der Waals surface area contributed by atoms with E-state index in [2.05, 4.69) is 5.32 Å². The van der Waals surface area contributed by atoms with Crippen LogP contribution in [0.4, 0.5) is 18.9 Å². The summed E-state index contributed by atoms with van der Waals surface area (Å²) in [6.07, 6.45) is 0.634. The number of carbonyl (C=O) groups excluding carboxylic acids is 1. The Morgan fingerprint density at radius 2 is 1.71 bits per heavy atom. The van der Waals surface area contributed by atoms with Gasteiger partial charge in [0, 0.05) is 25.3 Å². The lowest BCUT2D eigenvalue weighted by Gasteiger charge is -2.21. The van der Waals surface area contributed by atoms with E-state index in [0.717, 1.165) is 50.7 Å². The van der Waals surface area contributed by atoms with Crippen molar-refractivity contribution in [3.63, 3.8) is 0 Å². The number of ether oxygens (including phenoxy) is 3. The molecule has 8 nitrogen and oxygen atoms in total. The number of carbonyl (C=O) groups is 1. The van der Waals surface area contributed by atoms with Gasteiger partial charge in [0.25, 0.3) is 5.91 Å². The van der Waals surface area contributed by atoms with Crippen molar-refractivity contribution in [2.45, 2.75) is 55.7 Å². The van der Waals surface area contributed by atoms with Crippen LogP contribution < -0.4 is 14.8 Å². The maximum absolute atomic E-state index is 13.2. The minimum Gasteiger partial charge on any atom is -0.491 e.